The summed E-state index contributed by atoms with van der Waals surface area (Å²) in [5.41, 5.74) is 12.3. The van der Waals surface area contributed by atoms with Crippen LogP contribution in [0.15, 0.2) is 182 Å². The fourth-order valence-electron chi connectivity index (χ4n) is 8.18. The van der Waals surface area contributed by atoms with E-state index in [1.807, 2.05) is 12.1 Å². The molecule has 11 aromatic rings. The second-order valence-electron chi connectivity index (χ2n) is 13.4. The van der Waals surface area contributed by atoms with E-state index in [-0.39, 0.29) is 0 Å². The van der Waals surface area contributed by atoms with Crippen molar-refractivity contribution in [2.45, 2.75) is 0 Å². The SMILES string of the molecule is c1ccc(-c2nc3cccc(-n4c5ccccc5c5cc6c7ccc8ccccc8c7n(-c7ccccc7)c6cc54)c3nc2-c2ccccc2)cc1. The minimum Gasteiger partial charge on any atom is -0.309 e. The summed E-state index contributed by atoms with van der Waals surface area (Å²) in [5.74, 6) is 0. The first-order valence-electron chi connectivity index (χ1n) is 17.7. The van der Waals surface area contributed by atoms with Crippen LogP contribution in [0.25, 0.3) is 99.3 Å². The van der Waals surface area contributed by atoms with Crippen molar-refractivity contribution in [1.82, 2.24) is 19.1 Å². The first-order valence-corrected chi connectivity index (χ1v) is 17.7. The highest BCUT2D eigenvalue weighted by molar-refractivity contribution is 6.23. The van der Waals surface area contributed by atoms with E-state index in [0.29, 0.717) is 0 Å². The zero-order valence-electron chi connectivity index (χ0n) is 28.1. The van der Waals surface area contributed by atoms with Crippen LogP contribution in [0, 0.1) is 0 Å². The van der Waals surface area contributed by atoms with E-state index in [0.717, 1.165) is 61.5 Å². The Morgan fingerprint density at radius 2 is 0.981 bits per heavy atom. The van der Waals surface area contributed by atoms with Crippen LogP contribution in [0.4, 0.5) is 0 Å². The van der Waals surface area contributed by atoms with Crippen molar-refractivity contribution in [2.75, 3.05) is 0 Å². The Kier molecular flexibility index (Phi) is 6.22. The van der Waals surface area contributed by atoms with Crippen molar-refractivity contribution >= 4 is 65.4 Å². The maximum atomic E-state index is 5.50. The van der Waals surface area contributed by atoms with E-state index in [9.17, 15) is 0 Å². The summed E-state index contributed by atoms with van der Waals surface area (Å²) in [6.07, 6.45) is 0. The van der Waals surface area contributed by atoms with Gasteiger partial charge < -0.3 is 9.13 Å². The third kappa shape index (κ3) is 4.21. The highest BCUT2D eigenvalue weighted by atomic mass is 15.0. The van der Waals surface area contributed by atoms with Crippen LogP contribution in [0.5, 0.6) is 0 Å². The van der Waals surface area contributed by atoms with Crippen LogP contribution in [0.3, 0.4) is 0 Å². The number of para-hydroxylation sites is 3. The summed E-state index contributed by atoms with van der Waals surface area (Å²) in [7, 11) is 0. The Bertz CT molecular complexity index is 3160. The molecule has 0 N–H and O–H groups in total. The lowest BCUT2D eigenvalue weighted by Crippen LogP contribution is -2.01. The summed E-state index contributed by atoms with van der Waals surface area (Å²) in [5, 5.41) is 7.36. The molecule has 0 unspecified atom stereocenters. The number of hydrogen-bond acceptors (Lipinski definition) is 2. The fourth-order valence-corrected chi connectivity index (χ4v) is 8.18. The van der Waals surface area contributed by atoms with Crippen LogP contribution in [0.1, 0.15) is 0 Å². The van der Waals surface area contributed by atoms with Crippen molar-refractivity contribution < 1.29 is 0 Å². The van der Waals surface area contributed by atoms with Gasteiger partial charge in [0.2, 0.25) is 0 Å². The van der Waals surface area contributed by atoms with Gasteiger partial charge in [0.15, 0.2) is 0 Å². The van der Waals surface area contributed by atoms with Gasteiger partial charge in [-0.15, -0.1) is 0 Å². The Morgan fingerprint density at radius 3 is 1.75 bits per heavy atom. The molecule has 4 nitrogen and oxygen atoms in total. The van der Waals surface area contributed by atoms with Gasteiger partial charge in [0.1, 0.15) is 5.52 Å². The second-order valence-corrected chi connectivity index (χ2v) is 13.4. The Labute approximate surface area is 299 Å². The molecule has 0 fully saturated rings. The number of hydrogen-bond donors (Lipinski definition) is 0. The second kappa shape index (κ2) is 11.2. The fraction of sp³-hybridized carbons (Fsp3) is 0. The molecule has 0 amide bonds. The molecule has 242 valence electrons. The van der Waals surface area contributed by atoms with Crippen molar-refractivity contribution in [1.29, 1.82) is 0 Å². The van der Waals surface area contributed by atoms with Crippen molar-refractivity contribution in [3.05, 3.63) is 182 Å². The van der Waals surface area contributed by atoms with Gasteiger partial charge in [-0.3, -0.25) is 0 Å². The lowest BCUT2D eigenvalue weighted by Gasteiger charge is -2.15. The third-order valence-electron chi connectivity index (χ3n) is 10.5. The molecule has 8 aromatic carbocycles. The first-order chi connectivity index (χ1) is 25.8. The molecule has 0 saturated heterocycles. The Balaban J connectivity index is 1.28. The zero-order chi connectivity index (χ0) is 34.2. The molecule has 0 radical (unpaired) electrons. The molecule has 0 spiro atoms. The van der Waals surface area contributed by atoms with Gasteiger partial charge in [-0.1, -0.05) is 140 Å². The molecular weight excluding hydrogens is 633 g/mol. The number of rotatable bonds is 4. The van der Waals surface area contributed by atoms with Gasteiger partial charge in [-0.05, 0) is 47.9 Å². The molecule has 0 atom stereocenters. The van der Waals surface area contributed by atoms with E-state index < -0.39 is 0 Å². The van der Waals surface area contributed by atoms with E-state index in [1.54, 1.807) is 0 Å². The highest BCUT2D eigenvalue weighted by Gasteiger charge is 2.22. The minimum atomic E-state index is 0.855. The summed E-state index contributed by atoms with van der Waals surface area (Å²) in [6, 6.07) is 64.7. The Hall–Kier alpha value is -7.04. The van der Waals surface area contributed by atoms with Crippen LogP contribution < -0.4 is 0 Å². The summed E-state index contributed by atoms with van der Waals surface area (Å²) < 4.78 is 4.83. The van der Waals surface area contributed by atoms with Crippen molar-refractivity contribution in [3.63, 3.8) is 0 Å². The lowest BCUT2D eigenvalue weighted by molar-refractivity contribution is 1.16. The van der Waals surface area contributed by atoms with Gasteiger partial charge in [0.05, 0.1) is 44.7 Å². The van der Waals surface area contributed by atoms with Gasteiger partial charge in [-0.25, -0.2) is 9.97 Å². The number of aromatic nitrogens is 4. The largest absolute Gasteiger partial charge is 0.309 e. The van der Waals surface area contributed by atoms with Gasteiger partial charge >= 0.3 is 0 Å². The molecule has 3 heterocycles. The van der Waals surface area contributed by atoms with Crippen LogP contribution >= 0.6 is 0 Å². The third-order valence-corrected chi connectivity index (χ3v) is 10.5. The molecular formula is C48H30N4. The van der Waals surface area contributed by atoms with E-state index in [4.69, 9.17) is 9.97 Å². The van der Waals surface area contributed by atoms with E-state index in [2.05, 4.69) is 179 Å². The van der Waals surface area contributed by atoms with Crippen molar-refractivity contribution in [3.8, 4) is 33.9 Å². The number of benzene rings is 8. The smallest absolute Gasteiger partial charge is 0.113 e. The maximum absolute atomic E-state index is 5.50. The predicted molar refractivity (Wildman–Crippen MR) is 217 cm³/mol. The average Bonchev–Trinajstić information content (AvgIpc) is 3.72. The maximum Gasteiger partial charge on any atom is 0.113 e. The first kappa shape index (κ1) is 28.8. The summed E-state index contributed by atoms with van der Waals surface area (Å²) in [6.45, 7) is 0. The zero-order valence-corrected chi connectivity index (χ0v) is 28.1. The van der Waals surface area contributed by atoms with Crippen LogP contribution in [-0.4, -0.2) is 19.1 Å². The molecule has 3 aromatic heterocycles. The van der Waals surface area contributed by atoms with E-state index >= 15 is 0 Å². The monoisotopic (exact) mass is 662 g/mol. The topological polar surface area (TPSA) is 35.6 Å². The Morgan fingerprint density at radius 1 is 0.365 bits per heavy atom. The van der Waals surface area contributed by atoms with Gasteiger partial charge in [-0.2, -0.15) is 0 Å². The summed E-state index contributed by atoms with van der Waals surface area (Å²) >= 11 is 0. The summed E-state index contributed by atoms with van der Waals surface area (Å²) in [4.78, 5) is 10.8. The van der Waals surface area contributed by atoms with Crippen LogP contribution in [-0.2, 0) is 0 Å². The van der Waals surface area contributed by atoms with Gasteiger partial charge in [0, 0.05) is 43.7 Å². The molecule has 0 aliphatic rings. The molecule has 52 heavy (non-hydrogen) atoms. The minimum absolute atomic E-state index is 0.855. The molecule has 4 heteroatoms. The molecule has 0 aliphatic carbocycles. The molecule has 0 bridgehead atoms. The molecule has 0 saturated carbocycles. The quantitative estimate of drug-likeness (QED) is 0.188. The standard InChI is InChI=1S/C48H30N4/c1-4-16-32(17-5-1)45-46(33-18-6-2-7-19-33)50-47-40(49-45)24-14-26-42(47)52-41-25-13-12-23-36(41)38-29-39-37-28-27-31-15-10-11-22-35(31)48(37)51(43(39)30-44(38)52)34-20-8-3-9-21-34/h1-30H. The highest BCUT2D eigenvalue weighted by Crippen LogP contribution is 2.42. The normalized spacial score (nSPS) is 11.8. The number of fused-ring (bicyclic) bond motifs is 9. The lowest BCUT2D eigenvalue weighted by atomic mass is 10.0. The van der Waals surface area contributed by atoms with Gasteiger partial charge in [0.25, 0.3) is 0 Å². The van der Waals surface area contributed by atoms with E-state index in [1.165, 1.54) is 37.8 Å². The number of nitrogens with zero attached hydrogens (tertiary/aromatic N) is 4. The van der Waals surface area contributed by atoms with Crippen LogP contribution in [0.2, 0.25) is 0 Å². The predicted octanol–water partition coefficient (Wildman–Crippen LogP) is 12.3. The molecule has 11 rings (SSSR count). The average molecular weight is 663 g/mol. The molecule has 0 aliphatic heterocycles. The van der Waals surface area contributed by atoms with Crippen molar-refractivity contribution in [2.24, 2.45) is 0 Å².